The highest BCUT2D eigenvalue weighted by Crippen LogP contribution is 2.37. The zero-order valence-electron chi connectivity index (χ0n) is 10.7. The van der Waals surface area contributed by atoms with E-state index >= 15 is 0 Å². The van der Waals surface area contributed by atoms with Gasteiger partial charge in [0.1, 0.15) is 5.69 Å². The van der Waals surface area contributed by atoms with Gasteiger partial charge in [-0.1, -0.05) is 11.6 Å². The van der Waals surface area contributed by atoms with Crippen LogP contribution in [-0.4, -0.2) is 28.5 Å². The van der Waals surface area contributed by atoms with E-state index in [0.717, 1.165) is 38.0 Å². The molecule has 2 N–H and O–H groups in total. The van der Waals surface area contributed by atoms with Crippen molar-refractivity contribution in [1.82, 2.24) is 9.47 Å². The first kappa shape index (κ1) is 11.4. The third-order valence-electron chi connectivity index (χ3n) is 3.75. The van der Waals surface area contributed by atoms with E-state index in [2.05, 4.69) is 17.6 Å². The molecule has 2 aliphatic rings. The predicted octanol–water partition coefficient (Wildman–Crippen LogP) is 2.20. The molecule has 0 spiro atoms. The molecule has 0 bridgehead atoms. The van der Waals surface area contributed by atoms with Gasteiger partial charge in [0.2, 0.25) is 0 Å². The monoisotopic (exact) mass is 245 g/mol. The van der Waals surface area contributed by atoms with Crippen molar-refractivity contribution in [3.8, 4) is 0 Å². The molecule has 1 aromatic heterocycles. The van der Waals surface area contributed by atoms with E-state index in [1.165, 1.54) is 5.57 Å². The van der Waals surface area contributed by atoms with Crippen molar-refractivity contribution in [2.24, 2.45) is 0 Å². The van der Waals surface area contributed by atoms with Crippen molar-refractivity contribution in [1.29, 1.82) is 0 Å². The average molecular weight is 245 g/mol. The van der Waals surface area contributed by atoms with E-state index in [-0.39, 0.29) is 5.91 Å². The third kappa shape index (κ3) is 2.03. The Labute approximate surface area is 107 Å². The number of carbonyl (C=O) groups excluding carboxylic acids is 1. The SMILES string of the molecule is CC1=CCN(C(=O)c2cc(N)cn2C2CC2)CC1. The molecular weight excluding hydrogens is 226 g/mol. The molecule has 3 rings (SSSR count). The molecule has 0 aromatic carbocycles. The summed E-state index contributed by atoms with van der Waals surface area (Å²) in [6.45, 7) is 3.66. The minimum atomic E-state index is 0.113. The molecular formula is C14H19N3O. The lowest BCUT2D eigenvalue weighted by Gasteiger charge is -2.25. The van der Waals surface area contributed by atoms with Crippen molar-refractivity contribution in [3.63, 3.8) is 0 Å². The van der Waals surface area contributed by atoms with Crippen LogP contribution in [0, 0.1) is 0 Å². The highest BCUT2D eigenvalue weighted by atomic mass is 16.2. The number of amides is 1. The maximum Gasteiger partial charge on any atom is 0.270 e. The molecule has 2 heterocycles. The van der Waals surface area contributed by atoms with Gasteiger partial charge in [0, 0.05) is 25.3 Å². The molecule has 4 nitrogen and oxygen atoms in total. The van der Waals surface area contributed by atoms with E-state index in [1.807, 2.05) is 17.2 Å². The predicted molar refractivity (Wildman–Crippen MR) is 71.4 cm³/mol. The summed E-state index contributed by atoms with van der Waals surface area (Å²) in [5.74, 6) is 0.113. The molecule has 1 amide bonds. The number of aromatic nitrogens is 1. The van der Waals surface area contributed by atoms with Gasteiger partial charge in [0.15, 0.2) is 0 Å². The third-order valence-corrected chi connectivity index (χ3v) is 3.75. The Kier molecular flexibility index (Phi) is 2.65. The summed E-state index contributed by atoms with van der Waals surface area (Å²) in [5.41, 5.74) is 8.64. The highest BCUT2D eigenvalue weighted by Gasteiger charge is 2.29. The Morgan fingerprint density at radius 3 is 2.83 bits per heavy atom. The molecule has 1 saturated carbocycles. The summed E-state index contributed by atoms with van der Waals surface area (Å²) < 4.78 is 2.06. The van der Waals surface area contributed by atoms with Crippen molar-refractivity contribution in [3.05, 3.63) is 29.6 Å². The van der Waals surface area contributed by atoms with E-state index in [4.69, 9.17) is 5.73 Å². The van der Waals surface area contributed by atoms with Gasteiger partial charge in [-0.3, -0.25) is 4.79 Å². The van der Waals surface area contributed by atoms with Gasteiger partial charge in [-0.2, -0.15) is 0 Å². The van der Waals surface area contributed by atoms with Crippen LogP contribution in [0.4, 0.5) is 5.69 Å². The van der Waals surface area contributed by atoms with Crippen LogP contribution in [0.1, 0.15) is 42.7 Å². The quantitative estimate of drug-likeness (QED) is 0.812. The molecule has 0 radical (unpaired) electrons. The summed E-state index contributed by atoms with van der Waals surface area (Å²) in [6, 6.07) is 2.30. The number of hydrogen-bond acceptors (Lipinski definition) is 2. The number of hydrogen-bond donors (Lipinski definition) is 1. The van der Waals surface area contributed by atoms with Crippen LogP contribution in [0.15, 0.2) is 23.9 Å². The summed E-state index contributed by atoms with van der Waals surface area (Å²) in [7, 11) is 0. The molecule has 1 aliphatic carbocycles. The van der Waals surface area contributed by atoms with Gasteiger partial charge in [-0.15, -0.1) is 0 Å². The van der Waals surface area contributed by atoms with Crippen LogP contribution in [0.3, 0.4) is 0 Å². The number of nitrogens with zero attached hydrogens (tertiary/aromatic N) is 2. The van der Waals surface area contributed by atoms with Crippen LogP contribution in [0.5, 0.6) is 0 Å². The van der Waals surface area contributed by atoms with E-state index in [1.54, 1.807) is 0 Å². The van der Waals surface area contributed by atoms with Gasteiger partial charge < -0.3 is 15.2 Å². The Bertz CT molecular complexity index is 511. The van der Waals surface area contributed by atoms with Gasteiger partial charge in [0.05, 0.1) is 5.69 Å². The second-order valence-corrected chi connectivity index (χ2v) is 5.35. The molecule has 4 heteroatoms. The zero-order valence-corrected chi connectivity index (χ0v) is 10.7. The van der Waals surface area contributed by atoms with Crippen LogP contribution in [-0.2, 0) is 0 Å². The molecule has 96 valence electrons. The normalized spacial score (nSPS) is 19.8. The second-order valence-electron chi connectivity index (χ2n) is 5.35. The van der Waals surface area contributed by atoms with Crippen molar-refractivity contribution < 1.29 is 4.79 Å². The first-order valence-electron chi connectivity index (χ1n) is 6.57. The van der Waals surface area contributed by atoms with Crippen molar-refractivity contribution in [2.45, 2.75) is 32.2 Å². The number of anilines is 1. The lowest BCUT2D eigenvalue weighted by molar-refractivity contribution is 0.0758. The van der Waals surface area contributed by atoms with Gasteiger partial charge >= 0.3 is 0 Å². The topological polar surface area (TPSA) is 51.3 Å². The maximum atomic E-state index is 12.5. The van der Waals surface area contributed by atoms with Crippen LogP contribution < -0.4 is 5.73 Å². The molecule has 0 unspecified atom stereocenters. The van der Waals surface area contributed by atoms with E-state index < -0.39 is 0 Å². The van der Waals surface area contributed by atoms with Gasteiger partial charge in [-0.05, 0) is 32.3 Å². The van der Waals surface area contributed by atoms with Crippen molar-refractivity contribution in [2.75, 3.05) is 18.8 Å². The average Bonchev–Trinajstić information content (AvgIpc) is 3.13. The van der Waals surface area contributed by atoms with Crippen LogP contribution in [0.25, 0.3) is 0 Å². The van der Waals surface area contributed by atoms with Crippen LogP contribution >= 0.6 is 0 Å². The Hall–Kier alpha value is -1.71. The standard InChI is InChI=1S/C14H19N3O/c1-10-4-6-16(7-5-10)14(18)13-8-11(15)9-17(13)12-2-3-12/h4,8-9,12H,2-3,5-7,15H2,1H3. The second kappa shape index (κ2) is 4.19. The summed E-state index contributed by atoms with van der Waals surface area (Å²) in [4.78, 5) is 14.4. The largest absolute Gasteiger partial charge is 0.397 e. The molecule has 1 aromatic rings. The first-order valence-corrected chi connectivity index (χ1v) is 6.57. The number of carbonyl (C=O) groups is 1. The first-order chi connectivity index (χ1) is 8.65. The van der Waals surface area contributed by atoms with Gasteiger partial charge in [-0.25, -0.2) is 0 Å². The fourth-order valence-electron chi connectivity index (χ4n) is 2.44. The van der Waals surface area contributed by atoms with E-state index in [9.17, 15) is 4.79 Å². The maximum absolute atomic E-state index is 12.5. The minimum absolute atomic E-state index is 0.113. The summed E-state index contributed by atoms with van der Waals surface area (Å²) in [6.07, 6.45) is 7.33. The summed E-state index contributed by atoms with van der Waals surface area (Å²) in [5, 5.41) is 0. The Morgan fingerprint density at radius 1 is 1.44 bits per heavy atom. The molecule has 0 atom stereocenters. The fourth-order valence-corrected chi connectivity index (χ4v) is 2.44. The Morgan fingerprint density at radius 2 is 2.22 bits per heavy atom. The van der Waals surface area contributed by atoms with Crippen LogP contribution in [0.2, 0.25) is 0 Å². The smallest absolute Gasteiger partial charge is 0.270 e. The minimum Gasteiger partial charge on any atom is -0.397 e. The molecule has 18 heavy (non-hydrogen) atoms. The number of nitrogens with two attached hydrogens (primary N) is 1. The summed E-state index contributed by atoms with van der Waals surface area (Å²) >= 11 is 0. The van der Waals surface area contributed by atoms with Crippen molar-refractivity contribution >= 4 is 11.6 Å². The van der Waals surface area contributed by atoms with E-state index in [0.29, 0.717) is 11.7 Å². The Balaban J connectivity index is 1.83. The lowest BCUT2D eigenvalue weighted by atomic mass is 10.1. The fraction of sp³-hybridized carbons (Fsp3) is 0.500. The zero-order chi connectivity index (χ0) is 12.7. The van der Waals surface area contributed by atoms with Gasteiger partial charge in [0.25, 0.3) is 5.91 Å². The number of rotatable bonds is 2. The highest BCUT2D eigenvalue weighted by molar-refractivity contribution is 5.94. The number of nitrogen functional groups attached to an aromatic ring is 1. The molecule has 1 aliphatic heterocycles. The lowest BCUT2D eigenvalue weighted by Crippen LogP contribution is -2.35. The molecule has 0 saturated heterocycles. The molecule has 1 fully saturated rings.